The summed E-state index contributed by atoms with van der Waals surface area (Å²) in [4.78, 5) is 8.23. The number of hydrogen-bond acceptors (Lipinski definition) is 8. The lowest BCUT2D eigenvalue weighted by Crippen LogP contribution is -2.35. The van der Waals surface area contributed by atoms with Crippen LogP contribution in [-0.2, 0) is 24.0 Å². The van der Waals surface area contributed by atoms with Gasteiger partial charge in [-0.1, -0.05) is 5.92 Å². The van der Waals surface area contributed by atoms with E-state index in [0.717, 1.165) is 12.7 Å². The SMILES string of the molecule is C#Cc1c(C)nc(S(C)(=O)=O)nc1NC1CC(COCC)C2OC(C)(C)OC12. The Balaban J connectivity index is 1.92. The minimum absolute atomic E-state index is 0.120. The van der Waals surface area contributed by atoms with Crippen LogP contribution in [0, 0.1) is 25.2 Å². The van der Waals surface area contributed by atoms with Crippen LogP contribution in [0.5, 0.6) is 0 Å². The molecule has 1 saturated heterocycles. The summed E-state index contributed by atoms with van der Waals surface area (Å²) in [6.07, 6.45) is 7.09. The number of ether oxygens (including phenoxy) is 3. The molecule has 4 unspecified atom stereocenters. The minimum Gasteiger partial charge on any atom is -0.381 e. The maximum atomic E-state index is 11.9. The molecule has 2 aliphatic rings. The van der Waals surface area contributed by atoms with Crippen molar-refractivity contribution in [3.8, 4) is 12.3 Å². The van der Waals surface area contributed by atoms with Crippen LogP contribution in [0.3, 0.4) is 0 Å². The fraction of sp³-hybridized carbons (Fsp3) is 0.684. The maximum Gasteiger partial charge on any atom is 0.249 e. The van der Waals surface area contributed by atoms with Gasteiger partial charge in [-0.25, -0.2) is 13.4 Å². The highest BCUT2D eigenvalue weighted by atomic mass is 32.2. The number of rotatable bonds is 6. The van der Waals surface area contributed by atoms with Gasteiger partial charge in [0.05, 0.1) is 30.0 Å². The normalized spacial score (nSPS) is 28.7. The highest BCUT2D eigenvalue weighted by Crippen LogP contribution is 2.43. The average Bonchev–Trinajstić information content (AvgIpc) is 3.06. The molecule has 1 aliphatic heterocycles. The lowest BCUT2D eigenvalue weighted by molar-refractivity contribution is -0.159. The number of nitrogens with one attached hydrogen (secondary N) is 1. The van der Waals surface area contributed by atoms with E-state index in [1.54, 1.807) is 6.92 Å². The summed E-state index contributed by atoms with van der Waals surface area (Å²) in [7, 11) is -3.57. The summed E-state index contributed by atoms with van der Waals surface area (Å²) in [5.41, 5.74) is 0.875. The molecule has 9 heteroatoms. The zero-order valence-corrected chi connectivity index (χ0v) is 17.7. The Labute approximate surface area is 166 Å². The molecule has 3 rings (SSSR count). The van der Waals surface area contributed by atoms with Gasteiger partial charge in [0.2, 0.25) is 15.0 Å². The molecule has 1 aromatic rings. The number of terminal acetylenes is 1. The van der Waals surface area contributed by atoms with E-state index in [9.17, 15) is 8.42 Å². The molecule has 1 N–H and O–H groups in total. The van der Waals surface area contributed by atoms with Crippen LogP contribution in [0.2, 0.25) is 0 Å². The van der Waals surface area contributed by atoms with Crippen molar-refractivity contribution in [1.82, 2.24) is 9.97 Å². The van der Waals surface area contributed by atoms with Crippen molar-refractivity contribution in [2.45, 2.75) is 63.3 Å². The Morgan fingerprint density at radius 3 is 2.61 bits per heavy atom. The number of anilines is 1. The lowest BCUT2D eigenvalue weighted by atomic mass is 10.1. The Morgan fingerprint density at radius 1 is 1.32 bits per heavy atom. The summed E-state index contributed by atoms with van der Waals surface area (Å²) in [5, 5.41) is 3.06. The molecule has 0 spiro atoms. The predicted octanol–water partition coefficient (Wildman–Crippen LogP) is 1.53. The van der Waals surface area contributed by atoms with E-state index in [1.807, 2.05) is 20.8 Å². The van der Waals surface area contributed by atoms with Gasteiger partial charge >= 0.3 is 0 Å². The van der Waals surface area contributed by atoms with Crippen LogP contribution >= 0.6 is 0 Å². The molecule has 1 aromatic heterocycles. The molecular weight excluding hydrogens is 382 g/mol. The van der Waals surface area contributed by atoms with E-state index in [0.29, 0.717) is 30.3 Å². The molecule has 2 heterocycles. The number of sulfone groups is 1. The third-order valence-electron chi connectivity index (χ3n) is 4.99. The zero-order chi connectivity index (χ0) is 20.7. The monoisotopic (exact) mass is 409 g/mol. The van der Waals surface area contributed by atoms with Gasteiger partial charge in [-0.2, -0.15) is 4.98 Å². The second-order valence-corrected chi connectivity index (χ2v) is 9.61. The number of hydrogen-bond donors (Lipinski definition) is 1. The number of aryl methyl sites for hydroxylation is 1. The first-order valence-corrected chi connectivity index (χ1v) is 11.2. The van der Waals surface area contributed by atoms with Gasteiger partial charge in [-0.15, -0.1) is 6.42 Å². The first-order chi connectivity index (χ1) is 13.1. The van der Waals surface area contributed by atoms with Gasteiger partial charge < -0.3 is 19.5 Å². The van der Waals surface area contributed by atoms with Crippen molar-refractivity contribution in [3.05, 3.63) is 11.3 Å². The Morgan fingerprint density at radius 2 is 2.00 bits per heavy atom. The average molecular weight is 410 g/mol. The van der Waals surface area contributed by atoms with Crippen molar-refractivity contribution in [3.63, 3.8) is 0 Å². The van der Waals surface area contributed by atoms with Gasteiger partial charge in [0.1, 0.15) is 11.9 Å². The van der Waals surface area contributed by atoms with E-state index in [1.165, 1.54) is 0 Å². The van der Waals surface area contributed by atoms with Crippen molar-refractivity contribution < 1.29 is 22.6 Å². The van der Waals surface area contributed by atoms with Crippen LogP contribution < -0.4 is 5.32 Å². The molecule has 8 nitrogen and oxygen atoms in total. The standard InChI is InChI=1S/C19H27N3O5S/c1-7-13-11(3)20-18(28(6,23)24)22-17(13)21-14-9-12(10-25-8-2)15-16(14)27-19(4,5)26-15/h1,12,14-16H,8-10H2,2-6H3,(H,20,21,22). The van der Waals surface area contributed by atoms with Crippen molar-refractivity contribution in [2.75, 3.05) is 24.8 Å². The Bertz CT molecular complexity index is 894. The largest absolute Gasteiger partial charge is 0.381 e. The summed E-state index contributed by atoms with van der Waals surface area (Å²) < 4.78 is 41.7. The lowest BCUT2D eigenvalue weighted by Gasteiger charge is -2.24. The molecule has 4 atom stereocenters. The van der Waals surface area contributed by atoms with Crippen LogP contribution in [-0.4, -0.2) is 61.9 Å². The van der Waals surface area contributed by atoms with Gasteiger partial charge in [0, 0.05) is 18.8 Å². The first kappa shape index (κ1) is 21.0. The Hall–Kier alpha value is -1.73. The molecule has 1 aliphatic carbocycles. The van der Waals surface area contributed by atoms with Crippen LogP contribution in [0.1, 0.15) is 38.4 Å². The molecule has 28 heavy (non-hydrogen) atoms. The van der Waals surface area contributed by atoms with E-state index in [-0.39, 0.29) is 29.3 Å². The number of fused-ring (bicyclic) bond motifs is 1. The topological polar surface area (TPSA) is 99.6 Å². The van der Waals surface area contributed by atoms with E-state index in [2.05, 4.69) is 21.2 Å². The van der Waals surface area contributed by atoms with E-state index < -0.39 is 15.6 Å². The maximum absolute atomic E-state index is 11.9. The van der Waals surface area contributed by atoms with Gasteiger partial charge in [0.15, 0.2) is 5.79 Å². The third-order valence-corrected chi connectivity index (χ3v) is 5.83. The number of aromatic nitrogens is 2. The zero-order valence-electron chi connectivity index (χ0n) is 16.9. The van der Waals surface area contributed by atoms with Crippen LogP contribution in [0.4, 0.5) is 5.82 Å². The highest BCUT2D eigenvalue weighted by molar-refractivity contribution is 7.90. The third kappa shape index (κ3) is 4.15. The second-order valence-electron chi connectivity index (χ2n) is 7.70. The van der Waals surface area contributed by atoms with Crippen molar-refractivity contribution in [2.24, 2.45) is 5.92 Å². The first-order valence-electron chi connectivity index (χ1n) is 9.31. The summed E-state index contributed by atoms with van der Waals surface area (Å²) >= 11 is 0. The molecule has 1 saturated carbocycles. The Kier molecular flexibility index (Phi) is 5.69. The van der Waals surface area contributed by atoms with Gasteiger partial charge in [0.25, 0.3) is 0 Å². The van der Waals surface area contributed by atoms with Crippen LogP contribution in [0.25, 0.3) is 0 Å². The highest BCUT2D eigenvalue weighted by Gasteiger charge is 2.54. The van der Waals surface area contributed by atoms with Crippen molar-refractivity contribution in [1.29, 1.82) is 0 Å². The molecule has 154 valence electrons. The smallest absolute Gasteiger partial charge is 0.249 e. The summed E-state index contributed by atoms with van der Waals surface area (Å²) in [6, 6.07) is -0.147. The predicted molar refractivity (Wildman–Crippen MR) is 104 cm³/mol. The van der Waals surface area contributed by atoms with Crippen molar-refractivity contribution >= 4 is 15.7 Å². The molecule has 0 aromatic carbocycles. The molecule has 0 radical (unpaired) electrons. The minimum atomic E-state index is -3.57. The second kappa shape index (κ2) is 7.59. The summed E-state index contributed by atoms with van der Waals surface area (Å²) in [5.74, 6) is 2.33. The number of nitrogens with zero attached hydrogens (tertiary/aromatic N) is 2. The molecule has 2 fully saturated rings. The quantitative estimate of drug-likeness (QED) is 0.558. The molecule has 0 amide bonds. The van der Waals surface area contributed by atoms with Gasteiger partial charge in [-0.05, 0) is 34.1 Å². The van der Waals surface area contributed by atoms with E-state index >= 15 is 0 Å². The summed E-state index contributed by atoms with van der Waals surface area (Å²) in [6.45, 7) is 8.57. The molecular formula is C19H27N3O5S. The van der Waals surface area contributed by atoms with E-state index in [4.69, 9.17) is 20.6 Å². The van der Waals surface area contributed by atoms with Crippen LogP contribution in [0.15, 0.2) is 5.16 Å². The fourth-order valence-electron chi connectivity index (χ4n) is 3.83. The molecule has 0 bridgehead atoms. The van der Waals surface area contributed by atoms with Gasteiger partial charge in [-0.3, -0.25) is 0 Å². The fourth-order valence-corrected chi connectivity index (χ4v) is 4.39.